The first-order valence-electron chi connectivity index (χ1n) is 8.94. The van der Waals surface area contributed by atoms with E-state index in [1.165, 1.54) is 5.56 Å². The lowest BCUT2D eigenvalue weighted by molar-refractivity contribution is 0.294. The predicted octanol–water partition coefficient (Wildman–Crippen LogP) is 4.63. The summed E-state index contributed by atoms with van der Waals surface area (Å²) in [5, 5.41) is 11.0. The van der Waals surface area contributed by atoms with Crippen LogP contribution in [0.4, 0.5) is 0 Å². The van der Waals surface area contributed by atoms with Gasteiger partial charge in [0.25, 0.3) is 0 Å². The lowest BCUT2D eigenvalue weighted by Crippen LogP contribution is -2.38. The summed E-state index contributed by atoms with van der Waals surface area (Å²) in [7, 11) is 3.45. The average Bonchev–Trinajstić information content (AvgIpc) is 3.21. The van der Waals surface area contributed by atoms with Gasteiger partial charge in [-0.3, -0.25) is 4.99 Å². The summed E-state index contributed by atoms with van der Waals surface area (Å²) >= 11 is 1.73. The number of hydrogen-bond acceptors (Lipinski definition) is 4. The van der Waals surface area contributed by atoms with Crippen LogP contribution in [0.5, 0.6) is 11.5 Å². The molecule has 27 heavy (non-hydrogen) atoms. The quantitative estimate of drug-likeness (QED) is 0.298. The zero-order valence-corrected chi connectivity index (χ0v) is 19.6. The van der Waals surface area contributed by atoms with Crippen LogP contribution in [0.15, 0.2) is 40.0 Å². The molecule has 1 aromatic heterocycles. The Morgan fingerprint density at radius 1 is 1.22 bits per heavy atom. The topological polar surface area (TPSA) is 54.9 Å². The zero-order valence-electron chi connectivity index (χ0n) is 16.5. The largest absolute Gasteiger partial charge is 0.493 e. The van der Waals surface area contributed by atoms with Gasteiger partial charge >= 0.3 is 0 Å². The van der Waals surface area contributed by atoms with E-state index in [0.29, 0.717) is 19.1 Å². The molecule has 0 aliphatic heterocycles. The number of rotatable bonds is 9. The Labute approximate surface area is 183 Å². The van der Waals surface area contributed by atoms with Crippen LogP contribution < -0.4 is 20.1 Å². The first kappa shape index (κ1) is 23.6. The third-order valence-electron chi connectivity index (χ3n) is 4.06. The molecule has 7 heteroatoms. The molecule has 0 aliphatic carbocycles. The molecule has 5 nitrogen and oxygen atoms in total. The van der Waals surface area contributed by atoms with Crippen LogP contribution in [0.3, 0.4) is 0 Å². The van der Waals surface area contributed by atoms with Crippen molar-refractivity contribution in [2.75, 3.05) is 27.3 Å². The number of halogens is 1. The molecular weight excluding hydrogens is 473 g/mol. The lowest BCUT2D eigenvalue weighted by atomic mass is 10.1. The fraction of sp³-hybridized carbons (Fsp3) is 0.450. The minimum atomic E-state index is 0. The molecule has 0 aliphatic rings. The second-order valence-corrected chi connectivity index (χ2v) is 6.88. The summed E-state index contributed by atoms with van der Waals surface area (Å²) in [5.41, 5.74) is 2.46. The SMILES string of the molecule is CCCOc1ccc(CNC(=NC)NCC(C)c2ccsc2)cc1OC.I. The number of aliphatic imine (C=N–C) groups is 1. The Balaban J connectivity index is 0.00000364. The van der Waals surface area contributed by atoms with E-state index in [1.807, 2.05) is 18.2 Å². The molecule has 2 rings (SSSR count). The molecule has 2 N–H and O–H groups in total. The molecule has 0 bridgehead atoms. The number of guanidine groups is 1. The van der Waals surface area contributed by atoms with Crippen molar-refractivity contribution < 1.29 is 9.47 Å². The van der Waals surface area contributed by atoms with Gasteiger partial charge < -0.3 is 20.1 Å². The van der Waals surface area contributed by atoms with E-state index in [4.69, 9.17) is 9.47 Å². The molecule has 1 aromatic carbocycles. The summed E-state index contributed by atoms with van der Waals surface area (Å²) in [6.07, 6.45) is 0.970. The normalized spacial score (nSPS) is 12.1. The van der Waals surface area contributed by atoms with Crippen LogP contribution in [0.2, 0.25) is 0 Å². The van der Waals surface area contributed by atoms with Crippen LogP contribution in [-0.4, -0.2) is 33.3 Å². The van der Waals surface area contributed by atoms with Crippen molar-refractivity contribution in [1.82, 2.24) is 10.6 Å². The molecule has 2 aromatic rings. The van der Waals surface area contributed by atoms with Crippen LogP contribution >= 0.6 is 35.3 Å². The Kier molecular flexibility index (Phi) is 11.2. The van der Waals surface area contributed by atoms with E-state index < -0.39 is 0 Å². The van der Waals surface area contributed by atoms with Crippen molar-refractivity contribution in [1.29, 1.82) is 0 Å². The van der Waals surface area contributed by atoms with Crippen molar-refractivity contribution in [3.8, 4) is 11.5 Å². The number of hydrogen-bond donors (Lipinski definition) is 2. The van der Waals surface area contributed by atoms with Crippen molar-refractivity contribution >= 4 is 41.3 Å². The Bertz CT molecular complexity index is 693. The lowest BCUT2D eigenvalue weighted by Gasteiger charge is -2.16. The highest BCUT2D eigenvalue weighted by Gasteiger charge is 2.08. The van der Waals surface area contributed by atoms with Crippen molar-refractivity contribution in [2.24, 2.45) is 4.99 Å². The molecule has 0 saturated heterocycles. The summed E-state index contributed by atoms with van der Waals surface area (Å²) in [6, 6.07) is 8.17. The number of nitrogens with one attached hydrogen (secondary N) is 2. The highest BCUT2D eigenvalue weighted by molar-refractivity contribution is 14.0. The second kappa shape index (κ2) is 12.8. The minimum absolute atomic E-state index is 0. The zero-order chi connectivity index (χ0) is 18.8. The Hall–Kier alpha value is -1.48. The fourth-order valence-electron chi connectivity index (χ4n) is 2.48. The van der Waals surface area contributed by atoms with E-state index in [1.54, 1.807) is 25.5 Å². The number of methoxy groups -OCH3 is 1. The minimum Gasteiger partial charge on any atom is -0.493 e. The maximum atomic E-state index is 5.70. The van der Waals surface area contributed by atoms with Gasteiger partial charge in [0, 0.05) is 20.1 Å². The molecule has 0 amide bonds. The molecule has 1 unspecified atom stereocenters. The van der Waals surface area contributed by atoms with Crippen LogP contribution in [-0.2, 0) is 6.54 Å². The summed E-state index contributed by atoms with van der Waals surface area (Å²) in [6.45, 7) is 6.48. The van der Waals surface area contributed by atoms with E-state index in [2.05, 4.69) is 46.3 Å². The molecule has 1 atom stereocenters. The van der Waals surface area contributed by atoms with Crippen LogP contribution in [0.25, 0.3) is 0 Å². The van der Waals surface area contributed by atoms with Gasteiger partial charge in [-0.1, -0.05) is 19.9 Å². The third-order valence-corrected chi connectivity index (χ3v) is 4.76. The van der Waals surface area contributed by atoms with Crippen LogP contribution in [0, 0.1) is 0 Å². The van der Waals surface area contributed by atoms with Crippen molar-refractivity contribution in [3.63, 3.8) is 0 Å². The van der Waals surface area contributed by atoms with E-state index >= 15 is 0 Å². The maximum Gasteiger partial charge on any atom is 0.191 e. The van der Waals surface area contributed by atoms with E-state index in [9.17, 15) is 0 Å². The molecule has 150 valence electrons. The molecular formula is C20H30IN3O2S. The van der Waals surface area contributed by atoms with Gasteiger partial charge in [-0.2, -0.15) is 11.3 Å². The standard InChI is InChI=1S/C20H29N3O2S.HI/c1-5-9-25-18-7-6-16(11-19(18)24-4)13-23-20(21-3)22-12-15(2)17-8-10-26-14-17;/h6-8,10-11,14-15H,5,9,12-13H2,1-4H3,(H2,21,22,23);1H. The highest BCUT2D eigenvalue weighted by atomic mass is 127. The van der Waals surface area contributed by atoms with Crippen LogP contribution in [0.1, 0.15) is 37.3 Å². The van der Waals surface area contributed by atoms with E-state index in [-0.39, 0.29) is 24.0 Å². The third kappa shape index (κ3) is 7.57. The fourth-order valence-corrected chi connectivity index (χ4v) is 3.26. The molecule has 0 spiro atoms. The number of ether oxygens (including phenoxy) is 2. The number of nitrogens with zero attached hydrogens (tertiary/aromatic N) is 1. The van der Waals surface area contributed by atoms with Gasteiger partial charge in [0.2, 0.25) is 0 Å². The van der Waals surface area contributed by atoms with Crippen molar-refractivity contribution in [3.05, 3.63) is 46.2 Å². The Morgan fingerprint density at radius 3 is 2.67 bits per heavy atom. The average molecular weight is 503 g/mol. The monoisotopic (exact) mass is 503 g/mol. The smallest absolute Gasteiger partial charge is 0.191 e. The molecule has 0 fully saturated rings. The van der Waals surface area contributed by atoms with Gasteiger partial charge in [-0.15, -0.1) is 24.0 Å². The van der Waals surface area contributed by atoms with Crippen molar-refractivity contribution in [2.45, 2.75) is 32.7 Å². The molecule has 0 radical (unpaired) electrons. The molecule has 1 heterocycles. The summed E-state index contributed by atoms with van der Waals surface area (Å²) in [5.74, 6) is 2.77. The first-order valence-corrected chi connectivity index (χ1v) is 9.88. The van der Waals surface area contributed by atoms with Gasteiger partial charge in [-0.05, 0) is 52.4 Å². The van der Waals surface area contributed by atoms with Gasteiger partial charge in [0.05, 0.1) is 13.7 Å². The predicted molar refractivity (Wildman–Crippen MR) is 125 cm³/mol. The summed E-state index contributed by atoms with van der Waals surface area (Å²) in [4.78, 5) is 4.30. The second-order valence-electron chi connectivity index (χ2n) is 6.10. The van der Waals surface area contributed by atoms with E-state index in [0.717, 1.165) is 36.0 Å². The summed E-state index contributed by atoms with van der Waals surface area (Å²) < 4.78 is 11.1. The first-order chi connectivity index (χ1) is 12.7. The number of thiophene rings is 1. The van der Waals surface area contributed by atoms with Gasteiger partial charge in [0.15, 0.2) is 17.5 Å². The Morgan fingerprint density at radius 2 is 2.04 bits per heavy atom. The highest BCUT2D eigenvalue weighted by Crippen LogP contribution is 2.28. The van der Waals surface area contributed by atoms with Gasteiger partial charge in [0.1, 0.15) is 0 Å². The van der Waals surface area contributed by atoms with Gasteiger partial charge in [-0.25, -0.2) is 0 Å². The molecule has 0 saturated carbocycles. The number of benzene rings is 1. The maximum absolute atomic E-state index is 5.70.